The smallest absolute Gasteiger partial charge is 0.145 e. The van der Waals surface area contributed by atoms with E-state index in [0.717, 1.165) is 67.7 Å². The summed E-state index contributed by atoms with van der Waals surface area (Å²) in [5, 5.41) is 13.8. The van der Waals surface area contributed by atoms with Gasteiger partial charge in [0.05, 0.1) is 24.2 Å². The van der Waals surface area contributed by atoms with E-state index in [-0.39, 0.29) is 18.4 Å². The van der Waals surface area contributed by atoms with E-state index >= 15 is 0 Å². The van der Waals surface area contributed by atoms with Crippen LogP contribution in [0.25, 0.3) is 22.3 Å². The number of rotatable bonds is 10. The minimum atomic E-state index is -1.10. The number of fused-ring (bicyclic) bond motifs is 1. The van der Waals surface area contributed by atoms with E-state index in [1.165, 1.54) is 0 Å². The lowest BCUT2D eigenvalue weighted by molar-refractivity contribution is 0.0899. The highest BCUT2D eigenvalue weighted by Crippen LogP contribution is 2.28. The van der Waals surface area contributed by atoms with E-state index < -0.39 is 8.07 Å². The highest BCUT2D eigenvalue weighted by atomic mass is 35.5. The van der Waals surface area contributed by atoms with Gasteiger partial charge in [0.1, 0.15) is 18.7 Å². The van der Waals surface area contributed by atoms with Gasteiger partial charge in [-0.1, -0.05) is 19.6 Å². The molecule has 1 N–H and O–H groups in total. The summed E-state index contributed by atoms with van der Waals surface area (Å²) < 4.78 is 10.2. The van der Waals surface area contributed by atoms with Crippen LogP contribution in [0.15, 0.2) is 37.1 Å². The van der Waals surface area contributed by atoms with Crippen molar-refractivity contribution < 1.29 is 4.74 Å². The average molecular weight is 502 g/mol. The van der Waals surface area contributed by atoms with Crippen LogP contribution in [0.3, 0.4) is 0 Å². The van der Waals surface area contributed by atoms with E-state index in [4.69, 9.17) is 4.74 Å². The Labute approximate surface area is 209 Å². The number of aromatic nitrogens is 4. The Bertz CT molecular complexity index is 1090. The predicted octanol–water partition coefficient (Wildman–Crippen LogP) is 3.99. The van der Waals surface area contributed by atoms with Crippen molar-refractivity contribution in [3.8, 4) is 17.3 Å². The van der Waals surface area contributed by atoms with Gasteiger partial charge in [-0.3, -0.25) is 4.90 Å². The van der Waals surface area contributed by atoms with Gasteiger partial charge in [0.25, 0.3) is 0 Å². The zero-order valence-corrected chi connectivity index (χ0v) is 22.2. The Kier molecular flexibility index (Phi) is 9.28. The second kappa shape index (κ2) is 12.0. The van der Waals surface area contributed by atoms with E-state index in [1.807, 2.05) is 10.8 Å². The summed E-state index contributed by atoms with van der Waals surface area (Å²) in [6, 6.07) is 7.80. The highest BCUT2D eigenvalue weighted by Gasteiger charge is 2.19. The summed E-state index contributed by atoms with van der Waals surface area (Å²) >= 11 is 0. The first kappa shape index (κ1) is 26.4. The molecule has 1 fully saturated rings. The summed E-state index contributed by atoms with van der Waals surface area (Å²) in [5.41, 5.74) is 2.84. The Morgan fingerprint density at radius 1 is 1.18 bits per heavy atom. The van der Waals surface area contributed by atoms with E-state index in [1.54, 1.807) is 6.33 Å². The third-order valence-corrected chi connectivity index (χ3v) is 7.90. The number of hydrogen-bond donors (Lipinski definition) is 1. The van der Waals surface area contributed by atoms with Crippen LogP contribution in [-0.4, -0.2) is 71.4 Å². The van der Waals surface area contributed by atoms with Crippen LogP contribution in [0, 0.1) is 11.3 Å². The fraction of sp³-hybridized carbons (Fsp3) is 0.542. The van der Waals surface area contributed by atoms with Crippen molar-refractivity contribution in [3.63, 3.8) is 0 Å². The second-order valence-electron chi connectivity index (χ2n) is 10.0. The van der Waals surface area contributed by atoms with Crippen molar-refractivity contribution in [2.45, 2.75) is 44.9 Å². The Balaban J connectivity index is 0.00000324. The third-order valence-electron chi connectivity index (χ3n) is 6.20. The molecule has 1 aliphatic rings. The van der Waals surface area contributed by atoms with Crippen LogP contribution in [-0.2, 0) is 11.5 Å². The summed E-state index contributed by atoms with van der Waals surface area (Å²) in [4.78, 5) is 11.6. The van der Waals surface area contributed by atoms with Gasteiger partial charge in [0, 0.05) is 76.9 Å². The summed E-state index contributed by atoms with van der Waals surface area (Å²) in [6.07, 6.45) is 8.33. The fourth-order valence-electron chi connectivity index (χ4n) is 4.22. The van der Waals surface area contributed by atoms with Crippen LogP contribution >= 0.6 is 12.4 Å². The molecule has 4 rings (SSSR count). The first-order chi connectivity index (χ1) is 15.9. The number of hydrogen-bond acceptors (Lipinski definition) is 6. The van der Waals surface area contributed by atoms with Gasteiger partial charge in [0.2, 0.25) is 0 Å². The lowest BCUT2D eigenvalue weighted by Crippen LogP contribution is -2.45. The molecule has 3 aromatic rings. The number of ether oxygens (including phenoxy) is 1. The van der Waals surface area contributed by atoms with E-state index in [0.29, 0.717) is 13.2 Å². The van der Waals surface area contributed by atoms with Gasteiger partial charge in [-0.05, 0) is 18.2 Å². The molecular formula is C24H36ClN7OSi. The molecular weight excluding hydrogens is 466 g/mol. The van der Waals surface area contributed by atoms with Crippen LogP contribution in [0.5, 0.6) is 0 Å². The molecule has 0 amide bonds. The largest absolute Gasteiger partial charge is 0.361 e. The number of nitrogens with zero attached hydrogens (tertiary/aromatic N) is 6. The van der Waals surface area contributed by atoms with E-state index in [9.17, 15) is 5.26 Å². The lowest BCUT2D eigenvalue weighted by Gasteiger charge is -2.30. The van der Waals surface area contributed by atoms with Crippen molar-refractivity contribution in [1.82, 2.24) is 29.3 Å². The fourth-order valence-corrected chi connectivity index (χ4v) is 4.98. The molecule has 184 valence electrons. The van der Waals surface area contributed by atoms with Crippen molar-refractivity contribution in [1.29, 1.82) is 5.26 Å². The zero-order chi connectivity index (χ0) is 23.3. The SMILES string of the molecule is C[Si](C)(C)CCOCn1ccc2c(-c3ccn(C(CC#N)CN4CCNCC4)c3)ncnc21.Cl. The molecule has 0 aromatic carbocycles. The number of nitrogens with one attached hydrogen (secondary N) is 1. The van der Waals surface area contributed by atoms with Crippen molar-refractivity contribution >= 4 is 31.5 Å². The van der Waals surface area contributed by atoms with Gasteiger partial charge in [-0.2, -0.15) is 5.26 Å². The predicted molar refractivity (Wildman–Crippen MR) is 141 cm³/mol. The van der Waals surface area contributed by atoms with Crippen molar-refractivity contribution in [2.24, 2.45) is 0 Å². The maximum Gasteiger partial charge on any atom is 0.145 e. The highest BCUT2D eigenvalue weighted by molar-refractivity contribution is 6.76. The Hall–Kier alpha value is -2.22. The van der Waals surface area contributed by atoms with Crippen LogP contribution < -0.4 is 5.32 Å². The number of piperazine rings is 1. The number of halogens is 1. The molecule has 1 atom stereocenters. The first-order valence-corrected chi connectivity index (χ1v) is 15.5. The molecule has 0 radical (unpaired) electrons. The zero-order valence-electron chi connectivity index (χ0n) is 20.4. The lowest BCUT2D eigenvalue weighted by atomic mass is 10.1. The summed E-state index contributed by atoms with van der Waals surface area (Å²) in [5.74, 6) is 0. The Morgan fingerprint density at radius 2 is 1.97 bits per heavy atom. The van der Waals surface area contributed by atoms with Gasteiger partial charge in [-0.25, -0.2) is 9.97 Å². The molecule has 10 heteroatoms. The molecule has 0 aliphatic carbocycles. The van der Waals surface area contributed by atoms with E-state index in [2.05, 4.69) is 75.0 Å². The van der Waals surface area contributed by atoms with Gasteiger partial charge < -0.3 is 19.2 Å². The molecule has 34 heavy (non-hydrogen) atoms. The molecule has 0 spiro atoms. The first-order valence-electron chi connectivity index (χ1n) is 11.8. The third kappa shape index (κ3) is 6.68. The van der Waals surface area contributed by atoms with Crippen molar-refractivity contribution in [2.75, 3.05) is 39.3 Å². The molecule has 3 aromatic heterocycles. The molecule has 8 nitrogen and oxygen atoms in total. The van der Waals surface area contributed by atoms with Crippen LogP contribution in [0.4, 0.5) is 0 Å². The van der Waals surface area contributed by atoms with Crippen LogP contribution in [0.2, 0.25) is 25.7 Å². The minimum Gasteiger partial charge on any atom is -0.361 e. The van der Waals surface area contributed by atoms with Crippen LogP contribution in [0.1, 0.15) is 12.5 Å². The second-order valence-corrected chi connectivity index (χ2v) is 15.6. The van der Waals surface area contributed by atoms with Gasteiger partial charge >= 0.3 is 0 Å². The topological polar surface area (TPSA) is 83.9 Å². The molecule has 1 aliphatic heterocycles. The number of nitriles is 1. The summed E-state index contributed by atoms with van der Waals surface area (Å²) in [7, 11) is -1.10. The maximum atomic E-state index is 9.40. The van der Waals surface area contributed by atoms with Gasteiger partial charge in [-0.15, -0.1) is 12.4 Å². The maximum absolute atomic E-state index is 9.40. The minimum absolute atomic E-state index is 0. The standard InChI is InChI=1S/C24H35N7OSi.ClH/c1-33(2,3)15-14-32-19-31-11-6-22-23(27-18-28-24(22)31)20-5-10-30(16-20)21(4-7-25)17-29-12-8-26-9-13-29;/h5-6,10-11,16,18,21,26H,4,8-9,12-15,17,19H2,1-3H3;1H. The summed E-state index contributed by atoms with van der Waals surface area (Å²) in [6.45, 7) is 13.3. The molecule has 0 bridgehead atoms. The van der Waals surface area contributed by atoms with Crippen molar-refractivity contribution in [3.05, 3.63) is 37.1 Å². The molecule has 4 heterocycles. The van der Waals surface area contributed by atoms with Gasteiger partial charge in [0.15, 0.2) is 0 Å². The monoisotopic (exact) mass is 501 g/mol. The molecule has 0 saturated carbocycles. The average Bonchev–Trinajstić information content (AvgIpc) is 3.44. The molecule has 1 unspecified atom stereocenters. The quantitative estimate of drug-likeness (QED) is 0.334. The normalized spacial score (nSPS) is 15.7. The molecule has 1 saturated heterocycles. The Morgan fingerprint density at radius 3 is 2.71 bits per heavy atom.